The molecule has 0 saturated carbocycles. The van der Waals surface area contributed by atoms with Gasteiger partial charge < -0.3 is 10.5 Å². The lowest BCUT2D eigenvalue weighted by Gasteiger charge is -2.23. The van der Waals surface area contributed by atoms with Gasteiger partial charge in [-0.15, -0.1) is 0 Å². The zero-order chi connectivity index (χ0) is 13.1. The van der Waals surface area contributed by atoms with E-state index < -0.39 is 11.6 Å². The van der Waals surface area contributed by atoms with E-state index in [1.165, 1.54) is 12.1 Å². The summed E-state index contributed by atoms with van der Waals surface area (Å²) >= 11 is 0. The van der Waals surface area contributed by atoms with Gasteiger partial charge >= 0.3 is 0 Å². The highest BCUT2D eigenvalue weighted by Crippen LogP contribution is 2.27. The minimum Gasteiger partial charge on any atom is -0.378 e. The summed E-state index contributed by atoms with van der Waals surface area (Å²) in [6.07, 6.45) is 2.44. The molecule has 1 heterocycles. The van der Waals surface area contributed by atoms with Crippen molar-refractivity contribution in [3.8, 4) is 0 Å². The van der Waals surface area contributed by atoms with Gasteiger partial charge in [-0.2, -0.15) is 0 Å². The van der Waals surface area contributed by atoms with Crippen molar-refractivity contribution in [1.29, 1.82) is 0 Å². The molecule has 0 bridgehead atoms. The highest BCUT2D eigenvalue weighted by Gasteiger charge is 2.31. The molecular weight excluding hydrogens is 236 g/mol. The molecule has 100 valence electrons. The Morgan fingerprint density at radius 2 is 2.22 bits per heavy atom. The van der Waals surface area contributed by atoms with E-state index in [1.54, 1.807) is 0 Å². The van der Waals surface area contributed by atoms with Crippen molar-refractivity contribution in [2.24, 2.45) is 11.7 Å². The van der Waals surface area contributed by atoms with Crippen LogP contribution in [0.2, 0.25) is 0 Å². The summed E-state index contributed by atoms with van der Waals surface area (Å²) in [6.45, 7) is 2.79. The second-order valence-corrected chi connectivity index (χ2v) is 4.87. The Kier molecular flexibility index (Phi) is 4.30. The van der Waals surface area contributed by atoms with Crippen LogP contribution in [0.1, 0.15) is 25.3 Å². The minimum atomic E-state index is -0.555. The first-order valence-corrected chi connectivity index (χ1v) is 6.43. The normalized spacial score (nSPS) is 25.3. The summed E-state index contributed by atoms with van der Waals surface area (Å²) in [5.41, 5.74) is 6.62. The van der Waals surface area contributed by atoms with Crippen molar-refractivity contribution in [3.63, 3.8) is 0 Å². The summed E-state index contributed by atoms with van der Waals surface area (Å²) in [4.78, 5) is 0. The third kappa shape index (κ3) is 2.87. The molecule has 0 aromatic heterocycles. The van der Waals surface area contributed by atoms with Gasteiger partial charge in [0.2, 0.25) is 0 Å². The Morgan fingerprint density at radius 3 is 2.89 bits per heavy atom. The van der Waals surface area contributed by atoms with E-state index in [-0.39, 0.29) is 18.1 Å². The van der Waals surface area contributed by atoms with Gasteiger partial charge in [0.15, 0.2) is 0 Å². The third-order valence-corrected chi connectivity index (χ3v) is 3.68. The fourth-order valence-electron chi connectivity index (χ4n) is 2.67. The van der Waals surface area contributed by atoms with E-state index in [4.69, 9.17) is 10.5 Å². The Hall–Kier alpha value is -1.00. The topological polar surface area (TPSA) is 35.2 Å². The van der Waals surface area contributed by atoms with Crippen molar-refractivity contribution in [2.45, 2.75) is 38.3 Å². The standard InChI is InChI=1S/C14H19F2NO/c1-2-14-11(5-6-18-14)13(17)7-9-3-4-10(15)8-12(9)16/h3-4,8,11,13-14H,2,5-7,17H2,1H3. The number of ether oxygens (including phenoxy) is 1. The molecule has 1 saturated heterocycles. The summed E-state index contributed by atoms with van der Waals surface area (Å²) in [5, 5.41) is 0. The van der Waals surface area contributed by atoms with E-state index in [1.807, 2.05) is 0 Å². The molecule has 18 heavy (non-hydrogen) atoms. The predicted molar refractivity (Wildman–Crippen MR) is 66.2 cm³/mol. The van der Waals surface area contributed by atoms with E-state index in [0.29, 0.717) is 12.0 Å². The lowest BCUT2D eigenvalue weighted by molar-refractivity contribution is 0.0813. The molecular formula is C14H19F2NO. The second-order valence-electron chi connectivity index (χ2n) is 4.87. The SMILES string of the molecule is CCC1OCCC1C(N)Cc1ccc(F)cc1F. The molecule has 0 radical (unpaired) electrons. The molecule has 1 aromatic rings. The van der Waals surface area contributed by atoms with Gasteiger partial charge in [0.25, 0.3) is 0 Å². The maximum atomic E-state index is 13.5. The van der Waals surface area contributed by atoms with Crippen molar-refractivity contribution in [1.82, 2.24) is 0 Å². The predicted octanol–water partition coefficient (Wildman–Crippen LogP) is 2.65. The van der Waals surface area contributed by atoms with Crippen LogP contribution in [0, 0.1) is 17.6 Å². The van der Waals surface area contributed by atoms with Crippen molar-refractivity contribution >= 4 is 0 Å². The Labute approximate surface area is 106 Å². The quantitative estimate of drug-likeness (QED) is 0.897. The van der Waals surface area contributed by atoms with Crippen molar-refractivity contribution < 1.29 is 13.5 Å². The summed E-state index contributed by atoms with van der Waals surface area (Å²) in [6, 6.07) is 3.51. The molecule has 1 aliphatic heterocycles. The summed E-state index contributed by atoms with van der Waals surface area (Å²) in [5.74, 6) is -0.808. The molecule has 3 atom stereocenters. The zero-order valence-electron chi connectivity index (χ0n) is 10.5. The van der Waals surface area contributed by atoms with Gasteiger partial charge in [0.05, 0.1) is 6.10 Å². The molecule has 1 aromatic carbocycles. The average molecular weight is 255 g/mol. The number of benzene rings is 1. The first-order chi connectivity index (χ1) is 8.61. The van der Waals surface area contributed by atoms with Crippen LogP contribution in [0.5, 0.6) is 0 Å². The number of rotatable bonds is 4. The molecule has 3 unspecified atom stereocenters. The zero-order valence-corrected chi connectivity index (χ0v) is 10.5. The maximum absolute atomic E-state index is 13.5. The van der Waals surface area contributed by atoms with Crippen LogP contribution in [0.4, 0.5) is 8.78 Å². The number of hydrogen-bond acceptors (Lipinski definition) is 2. The Balaban J connectivity index is 2.04. The molecule has 2 rings (SSSR count). The first-order valence-electron chi connectivity index (χ1n) is 6.43. The fraction of sp³-hybridized carbons (Fsp3) is 0.571. The van der Waals surface area contributed by atoms with Gasteiger partial charge in [0.1, 0.15) is 11.6 Å². The lowest BCUT2D eigenvalue weighted by atomic mass is 9.88. The maximum Gasteiger partial charge on any atom is 0.129 e. The molecule has 4 heteroatoms. The van der Waals surface area contributed by atoms with E-state index in [2.05, 4.69) is 6.92 Å². The van der Waals surface area contributed by atoms with Crippen molar-refractivity contribution in [3.05, 3.63) is 35.4 Å². The molecule has 1 aliphatic rings. The van der Waals surface area contributed by atoms with Gasteiger partial charge in [-0.25, -0.2) is 8.78 Å². The van der Waals surface area contributed by atoms with Gasteiger partial charge in [0, 0.05) is 24.6 Å². The monoisotopic (exact) mass is 255 g/mol. The van der Waals surface area contributed by atoms with Gasteiger partial charge in [-0.3, -0.25) is 0 Å². The van der Waals surface area contributed by atoms with E-state index >= 15 is 0 Å². The highest BCUT2D eigenvalue weighted by molar-refractivity contribution is 5.20. The average Bonchev–Trinajstić information content (AvgIpc) is 2.81. The summed E-state index contributed by atoms with van der Waals surface area (Å²) in [7, 11) is 0. The molecule has 2 N–H and O–H groups in total. The van der Waals surface area contributed by atoms with Crippen LogP contribution in [0.15, 0.2) is 18.2 Å². The smallest absolute Gasteiger partial charge is 0.129 e. The molecule has 2 nitrogen and oxygen atoms in total. The largest absolute Gasteiger partial charge is 0.378 e. The molecule has 0 amide bonds. The minimum absolute atomic E-state index is 0.141. The third-order valence-electron chi connectivity index (χ3n) is 3.68. The summed E-state index contributed by atoms with van der Waals surface area (Å²) < 4.78 is 32.0. The van der Waals surface area contributed by atoms with Crippen LogP contribution in [-0.4, -0.2) is 18.8 Å². The van der Waals surface area contributed by atoms with Crippen LogP contribution in [0.3, 0.4) is 0 Å². The van der Waals surface area contributed by atoms with Gasteiger partial charge in [-0.1, -0.05) is 13.0 Å². The number of nitrogens with two attached hydrogens (primary N) is 1. The van der Waals surface area contributed by atoms with Crippen molar-refractivity contribution in [2.75, 3.05) is 6.61 Å². The molecule has 1 fully saturated rings. The first kappa shape index (κ1) is 13.4. The van der Waals surface area contributed by atoms with Crippen LogP contribution in [-0.2, 0) is 11.2 Å². The second kappa shape index (κ2) is 5.76. The van der Waals surface area contributed by atoms with Crippen LogP contribution < -0.4 is 5.73 Å². The number of halogens is 2. The highest BCUT2D eigenvalue weighted by atomic mass is 19.1. The molecule has 0 aliphatic carbocycles. The van der Waals surface area contributed by atoms with E-state index in [0.717, 1.165) is 25.5 Å². The lowest BCUT2D eigenvalue weighted by Crippen LogP contribution is -2.37. The molecule has 0 spiro atoms. The van der Waals surface area contributed by atoms with E-state index in [9.17, 15) is 8.78 Å². The van der Waals surface area contributed by atoms with Crippen LogP contribution in [0.25, 0.3) is 0 Å². The van der Waals surface area contributed by atoms with Crippen LogP contribution >= 0.6 is 0 Å². The fourth-order valence-corrected chi connectivity index (χ4v) is 2.67. The Morgan fingerprint density at radius 1 is 1.44 bits per heavy atom. The van der Waals surface area contributed by atoms with Gasteiger partial charge in [-0.05, 0) is 30.9 Å². The number of hydrogen-bond donors (Lipinski definition) is 1. The Bertz CT molecular complexity index is 411.